The van der Waals surface area contributed by atoms with Gasteiger partial charge in [0.25, 0.3) is 10.0 Å². The number of amidine groups is 1. The van der Waals surface area contributed by atoms with Crippen molar-refractivity contribution in [3.05, 3.63) is 64.7 Å². The van der Waals surface area contributed by atoms with Crippen LogP contribution in [0.25, 0.3) is 0 Å². The minimum Gasteiger partial charge on any atom is -0.468 e. The number of piperidine rings is 1. The van der Waals surface area contributed by atoms with E-state index in [1.807, 2.05) is 17.0 Å². The number of esters is 1. The van der Waals surface area contributed by atoms with Crippen LogP contribution in [0, 0.1) is 5.92 Å². The lowest BCUT2D eigenvalue weighted by Crippen LogP contribution is -2.47. The summed E-state index contributed by atoms with van der Waals surface area (Å²) in [6, 6.07) is 13.8. The van der Waals surface area contributed by atoms with Gasteiger partial charge in [-0.1, -0.05) is 35.9 Å². The Bertz CT molecular complexity index is 1200. The van der Waals surface area contributed by atoms with Crippen LogP contribution in [0.5, 0.6) is 0 Å². The number of halogens is 1. The molecule has 10 heteroatoms. The van der Waals surface area contributed by atoms with Crippen LogP contribution in [-0.2, 0) is 30.9 Å². The van der Waals surface area contributed by atoms with Gasteiger partial charge >= 0.3 is 5.97 Å². The number of hydrogen-bond acceptors (Lipinski definition) is 6. The summed E-state index contributed by atoms with van der Waals surface area (Å²) in [6.45, 7) is 0.979. The molecule has 1 unspecified atom stereocenters. The zero-order chi connectivity index (χ0) is 23.6. The van der Waals surface area contributed by atoms with Crippen LogP contribution in [0.15, 0.2) is 57.8 Å². The third kappa shape index (κ3) is 5.04. The minimum atomic E-state index is -3.74. The third-order valence-electron chi connectivity index (χ3n) is 5.83. The van der Waals surface area contributed by atoms with Crippen molar-refractivity contribution in [2.75, 3.05) is 26.7 Å². The van der Waals surface area contributed by atoms with Gasteiger partial charge < -0.3 is 14.5 Å². The molecule has 33 heavy (non-hydrogen) atoms. The number of fused-ring (bicyclic) bond motifs is 1. The number of hydrogen-bond donors (Lipinski definition) is 0. The number of carbonyl (C=O) groups is 2. The van der Waals surface area contributed by atoms with Crippen molar-refractivity contribution in [2.24, 2.45) is 10.3 Å². The molecule has 0 N–H and O–H groups in total. The summed E-state index contributed by atoms with van der Waals surface area (Å²) in [6.07, 6.45) is 1.33. The van der Waals surface area contributed by atoms with Crippen molar-refractivity contribution >= 4 is 39.3 Å². The van der Waals surface area contributed by atoms with Gasteiger partial charge in [0, 0.05) is 30.2 Å². The number of methoxy groups -OCH3 is 1. The van der Waals surface area contributed by atoms with Crippen molar-refractivity contribution in [3.63, 3.8) is 0 Å². The second-order valence-corrected chi connectivity index (χ2v) is 10.1. The van der Waals surface area contributed by atoms with E-state index in [2.05, 4.69) is 4.40 Å². The lowest BCUT2D eigenvalue weighted by molar-refractivity contribution is -0.149. The molecule has 2 aromatic rings. The Morgan fingerprint density at radius 3 is 2.64 bits per heavy atom. The van der Waals surface area contributed by atoms with Crippen molar-refractivity contribution in [2.45, 2.75) is 24.3 Å². The molecular formula is C23H24ClN3O5S. The highest BCUT2D eigenvalue weighted by Crippen LogP contribution is 2.30. The third-order valence-corrected chi connectivity index (χ3v) is 7.41. The predicted octanol–water partition coefficient (Wildman–Crippen LogP) is 2.70. The Morgan fingerprint density at radius 1 is 1.18 bits per heavy atom. The van der Waals surface area contributed by atoms with E-state index in [0.29, 0.717) is 42.4 Å². The average molecular weight is 490 g/mol. The summed E-state index contributed by atoms with van der Waals surface area (Å²) in [5.74, 6) is -0.728. The van der Waals surface area contributed by atoms with Crippen LogP contribution in [-0.4, -0.2) is 62.7 Å². The Kier molecular flexibility index (Phi) is 6.71. The highest BCUT2D eigenvalue weighted by molar-refractivity contribution is 7.90. The Balaban J connectivity index is 1.55. The van der Waals surface area contributed by atoms with Gasteiger partial charge in [0.1, 0.15) is 11.4 Å². The molecule has 2 aromatic carbocycles. The van der Waals surface area contributed by atoms with Crippen molar-refractivity contribution in [1.82, 2.24) is 9.80 Å². The van der Waals surface area contributed by atoms with E-state index in [4.69, 9.17) is 16.3 Å². The first-order valence-corrected chi connectivity index (χ1v) is 12.4. The second-order valence-electron chi connectivity index (χ2n) is 8.07. The predicted molar refractivity (Wildman–Crippen MR) is 123 cm³/mol. The number of amides is 1. The lowest BCUT2D eigenvalue weighted by Gasteiger charge is -2.35. The number of likely N-dealkylation sites (tertiary alicyclic amines) is 1. The monoisotopic (exact) mass is 489 g/mol. The van der Waals surface area contributed by atoms with E-state index < -0.39 is 21.9 Å². The van der Waals surface area contributed by atoms with E-state index in [-0.39, 0.29) is 23.9 Å². The van der Waals surface area contributed by atoms with Gasteiger partial charge in [-0.3, -0.25) is 9.59 Å². The Morgan fingerprint density at radius 2 is 1.91 bits per heavy atom. The van der Waals surface area contributed by atoms with Crippen LogP contribution in [0.4, 0.5) is 0 Å². The molecule has 1 fully saturated rings. The molecule has 0 bridgehead atoms. The molecule has 1 amide bonds. The highest BCUT2D eigenvalue weighted by Gasteiger charge is 2.36. The first-order chi connectivity index (χ1) is 15.8. The molecule has 0 spiro atoms. The maximum Gasteiger partial charge on any atom is 0.325 e. The summed E-state index contributed by atoms with van der Waals surface area (Å²) in [5, 5.41) is 0.583. The van der Waals surface area contributed by atoms with E-state index in [9.17, 15) is 18.0 Å². The van der Waals surface area contributed by atoms with Crippen molar-refractivity contribution in [3.8, 4) is 0 Å². The van der Waals surface area contributed by atoms with Crippen molar-refractivity contribution < 1.29 is 22.7 Å². The summed E-state index contributed by atoms with van der Waals surface area (Å²) in [4.78, 5) is 29.0. The first-order valence-electron chi connectivity index (χ1n) is 10.6. The largest absolute Gasteiger partial charge is 0.468 e. The van der Waals surface area contributed by atoms with Crippen LogP contribution >= 0.6 is 11.6 Å². The number of carbonyl (C=O) groups excluding carboxylic acids is 2. The molecule has 0 aromatic heterocycles. The van der Waals surface area contributed by atoms with Gasteiger partial charge in [0.2, 0.25) is 5.91 Å². The van der Waals surface area contributed by atoms with Crippen molar-refractivity contribution in [1.29, 1.82) is 0 Å². The van der Waals surface area contributed by atoms with Gasteiger partial charge in [0.15, 0.2) is 5.84 Å². The maximum atomic E-state index is 13.5. The molecule has 4 rings (SSSR count). The summed E-state index contributed by atoms with van der Waals surface area (Å²) in [5.41, 5.74) is 1.39. The number of rotatable bonds is 5. The topological polar surface area (TPSA) is 96.3 Å². The fourth-order valence-corrected chi connectivity index (χ4v) is 5.54. The second kappa shape index (κ2) is 9.52. The molecule has 0 saturated carbocycles. The molecule has 0 radical (unpaired) electrons. The van der Waals surface area contributed by atoms with Gasteiger partial charge in [0.05, 0.1) is 13.0 Å². The minimum absolute atomic E-state index is 0.174. The zero-order valence-corrected chi connectivity index (χ0v) is 19.7. The standard InChI is InChI=1S/C23H24ClN3O5S/c1-32-21(28)15-27(13-16-8-10-18(24)11-9-16)23(29)17-5-4-12-26(14-17)22-19-6-2-3-7-20(19)33(30,31)25-22/h2-3,6-11,17H,4-5,12-15H2,1H3. The molecule has 2 aliphatic rings. The smallest absolute Gasteiger partial charge is 0.325 e. The van der Waals surface area contributed by atoms with Gasteiger partial charge in [-0.15, -0.1) is 4.40 Å². The molecule has 174 valence electrons. The van der Waals surface area contributed by atoms with Gasteiger partial charge in [-0.2, -0.15) is 8.42 Å². The quantitative estimate of drug-likeness (QED) is 0.599. The zero-order valence-electron chi connectivity index (χ0n) is 18.1. The molecule has 8 nitrogen and oxygen atoms in total. The Labute approximate surface area is 197 Å². The molecular weight excluding hydrogens is 466 g/mol. The lowest BCUT2D eigenvalue weighted by atomic mass is 9.95. The van der Waals surface area contributed by atoms with E-state index in [1.54, 1.807) is 30.3 Å². The van der Waals surface area contributed by atoms with Gasteiger partial charge in [-0.05, 0) is 42.7 Å². The number of ether oxygens (including phenoxy) is 1. The molecule has 0 aliphatic carbocycles. The number of sulfonamides is 1. The normalized spacial score (nSPS) is 18.9. The first kappa shape index (κ1) is 23.3. The summed E-state index contributed by atoms with van der Waals surface area (Å²) in [7, 11) is -2.46. The molecule has 1 atom stereocenters. The molecule has 2 aliphatic heterocycles. The van der Waals surface area contributed by atoms with Crippen LogP contribution < -0.4 is 0 Å². The molecule has 1 saturated heterocycles. The van der Waals surface area contributed by atoms with Crippen LogP contribution in [0.3, 0.4) is 0 Å². The number of nitrogens with zero attached hydrogens (tertiary/aromatic N) is 3. The van der Waals surface area contributed by atoms with Crippen LogP contribution in [0.1, 0.15) is 24.0 Å². The van der Waals surface area contributed by atoms with E-state index >= 15 is 0 Å². The fourth-order valence-electron chi connectivity index (χ4n) is 4.19. The average Bonchev–Trinajstić information content (AvgIpc) is 3.10. The maximum absolute atomic E-state index is 13.5. The van der Waals surface area contributed by atoms with E-state index in [1.165, 1.54) is 18.1 Å². The van der Waals surface area contributed by atoms with Crippen LogP contribution in [0.2, 0.25) is 5.02 Å². The SMILES string of the molecule is COC(=O)CN(Cc1ccc(Cl)cc1)C(=O)C1CCCN(C2=NS(=O)(=O)c3ccccc32)C1. The van der Waals surface area contributed by atoms with E-state index in [0.717, 1.165) is 5.56 Å². The number of benzene rings is 2. The fraction of sp³-hybridized carbons (Fsp3) is 0.348. The Hall–Kier alpha value is -2.91. The van der Waals surface area contributed by atoms with Gasteiger partial charge in [-0.25, -0.2) is 0 Å². The molecule has 2 heterocycles. The summed E-state index contributed by atoms with van der Waals surface area (Å²) < 4.78 is 33.7. The highest BCUT2D eigenvalue weighted by atomic mass is 35.5. The summed E-state index contributed by atoms with van der Waals surface area (Å²) >= 11 is 5.96.